The Morgan fingerprint density at radius 1 is 1.02 bits per heavy atom. The molecule has 0 aliphatic carbocycles. The van der Waals surface area contributed by atoms with E-state index in [9.17, 15) is 4.39 Å². The molecule has 7 heteroatoms. The van der Waals surface area contributed by atoms with Gasteiger partial charge in [-0.15, -0.1) is 0 Å². The molecule has 4 aromatic rings. The van der Waals surface area contributed by atoms with E-state index in [4.69, 9.17) is 16.3 Å². The van der Waals surface area contributed by atoms with E-state index in [-0.39, 0.29) is 5.82 Å². The second kappa shape index (κ2) is 14.1. The van der Waals surface area contributed by atoms with Gasteiger partial charge in [0.1, 0.15) is 11.6 Å². The first kappa shape index (κ1) is 32.0. The predicted octanol–water partition coefficient (Wildman–Crippen LogP) is 8.42. The van der Waals surface area contributed by atoms with Crippen LogP contribution in [0.2, 0.25) is 5.02 Å². The van der Waals surface area contributed by atoms with E-state index in [2.05, 4.69) is 60.1 Å². The van der Waals surface area contributed by atoms with Gasteiger partial charge in [0.25, 0.3) is 0 Å². The zero-order valence-electron chi connectivity index (χ0n) is 26.7. The van der Waals surface area contributed by atoms with E-state index in [0.717, 1.165) is 102 Å². The van der Waals surface area contributed by atoms with Crippen LogP contribution in [0.15, 0.2) is 65.7 Å². The van der Waals surface area contributed by atoms with Gasteiger partial charge in [-0.3, -0.25) is 9.89 Å². The number of benzene rings is 3. The smallest absolute Gasteiger partial charge is 0.127 e. The zero-order valence-corrected chi connectivity index (χ0v) is 27.5. The molecule has 1 saturated heterocycles. The maximum atomic E-state index is 13.8. The minimum absolute atomic E-state index is 0.244. The van der Waals surface area contributed by atoms with Crippen molar-refractivity contribution >= 4 is 50.1 Å². The molecule has 1 fully saturated rings. The average molecular weight is 615 g/mol. The number of rotatable bonds is 11. The molecule has 1 aromatic heterocycles. The highest BCUT2D eigenvalue weighted by Crippen LogP contribution is 2.40. The molecule has 0 spiro atoms. The van der Waals surface area contributed by atoms with Gasteiger partial charge in [-0.25, -0.2) is 4.39 Å². The number of allylic oxidation sites excluding steroid dienone is 3. The minimum atomic E-state index is -0.244. The van der Waals surface area contributed by atoms with Gasteiger partial charge in [0.15, 0.2) is 0 Å². The second-order valence-electron chi connectivity index (χ2n) is 11.9. The van der Waals surface area contributed by atoms with Gasteiger partial charge in [0.05, 0.1) is 17.1 Å². The molecule has 1 aliphatic rings. The number of aliphatic imine (C=N–C) groups is 1. The summed E-state index contributed by atoms with van der Waals surface area (Å²) >= 11 is 7.07. The van der Waals surface area contributed by atoms with Gasteiger partial charge < -0.3 is 14.6 Å². The monoisotopic (exact) mass is 614 g/mol. The number of aryl methyl sites for hydroxylation is 1. The van der Waals surface area contributed by atoms with Crippen LogP contribution < -0.4 is 10.1 Å². The third kappa shape index (κ3) is 6.63. The van der Waals surface area contributed by atoms with Crippen molar-refractivity contribution < 1.29 is 9.13 Å². The SMILES string of the molecule is C=C(C)c1c(CCCOc2cccc3cc(F)ccc23)c2ccc(Cl)c(C(C(C)=NC)=C(C)C)c2n1CCN1CCNCC1. The summed E-state index contributed by atoms with van der Waals surface area (Å²) in [5, 5.41) is 7.15. The molecule has 1 N–H and O–H groups in total. The van der Waals surface area contributed by atoms with E-state index in [1.165, 1.54) is 28.3 Å². The summed E-state index contributed by atoms with van der Waals surface area (Å²) in [7, 11) is 1.84. The van der Waals surface area contributed by atoms with E-state index in [1.54, 1.807) is 12.1 Å². The lowest BCUT2D eigenvalue weighted by Crippen LogP contribution is -2.44. The van der Waals surface area contributed by atoms with E-state index in [1.807, 2.05) is 31.3 Å². The molecule has 5 rings (SSSR count). The summed E-state index contributed by atoms with van der Waals surface area (Å²) in [5.41, 5.74) is 8.93. The Bertz CT molecular complexity index is 1740. The fraction of sp³-hybridized carbons (Fsp3) is 0.378. The van der Waals surface area contributed by atoms with Gasteiger partial charge >= 0.3 is 0 Å². The molecule has 0 unspecified atom stereocenters. The van der Waals surface area contributed by atoms with Crippen molar-refractivity contribution in [2.75, 3.05) is 46.4 Å². The summed E-state index contributed by atoms with van der Waals surface area (Å²) in [6, 6.07) is 14.8. The number of fused-ring (bicyclic) bond motifs is 2. The molecule has 3 aromatic carbocycles. The Labute approximate surface area is 266 Å². The van der Waals surface area contributed by atoms with Crippen molar-refractivity contribution in [3.8, 4) is 5.75 Å². The third-order valence-electron chi connectivity index (χ3n) is 8.61. The Morgan fingerprint density at radius 2 is 1.77 bits per heavy atom. The molecular weight excluding hydrogens is 571 g/mol. The van der Waals surface area contributed by atoms with Crippen molar-refractivity contribution in [3.05, 3.63) is 88.3 Å². The van der Waals surface area contributed by atoms with E-state index >= 15 is 0 Å². The fourth-order valence-electron chi connectivity index (χ4n) is 6.56. The van der Waals surface area contributed by atoms with Crippen LogP contribution in [0.3, 0.4) is 0 Å². The number of hydrogen-bond acceptors (Lipinski definition) is 4. The highest BCUT2D eigenvalue weighted by Gasteiger charge is 2.25. The molecule has 1 aliphatic heterocycles. The molecule has 2 heterocycles. The normalized spacial score (nSPS) is 14.4. The Kier molecular flexibility index (Phi) is 10.2. The van der Waals surface area contributed by atoms with E-state index in [0.29, 0.717) is 6.61 Å². The maximum absolute atomic E-state index is 13.8. The summed E-state index contributed by atoms with van der Waals surface area (Å²) in [6.07, 6.45) is 1.64. The molecule has 0 amide bonds. The van der Waals surface area contributed by atoms with Crippen molar-refractivity contribution in [1.29, 1.82) is 0 Å². The molecule has 5 nitrogen and oxygen atoms in total. The van der Waals surface area contributed by atoms with Crippen molar-refractivity contribution in [3.63, 3.8) is 0 Å². The predicted molar refractivity (Wildman–Crippen MR) is 186 cm³/mol. The zero-order chi connectivity index (χ0) is 31.4. The number of ether oxygens (including phenoxy) is 1. The summed E-state index contributed by atoms with van der Waals surface area (Å²) in [6.45, 7) is 19.3. The fourth-order valence-corrected chi connectivity index (χ4v) is 6.80. The van der Waals surface area contributed by atoms with Crippen LogP contribution in [0.25, 0.3) is 32.8 Å². The van der Waals surface area contributed by atoms with Gasteiger partial charge in [0.2, 0.25) is 0 Å². The van der Waals surface area contributed by atoms with Crippen LogP contribution in [0.5, 0.6) is 5.75 Å². The number of hydrogen-bond donors (Lipinski definition) is 1. The molecule has 0 radical (unpaired) electrons. The van der Waals surface area contributed by atoms with Gasteiger partial charge in [-0.05, 0) is 87.4 Å². The first-order valence-corrected chi connectivity index (χ1v) is 15.9. The Hall–Kier alpha value is -3.45. The van der Waals surface area contributed by atoms with Crippen molar-refractivity contribution in [2.45, 2.75) is 47.1 Å². The Balaban J connectivity index is 1.55. The lowest BCUT2D eigenvalue weighted by molar-refractivity contribution is 0.233. The average Bonchev–Trinajstić information content (AvgIpc) is 3.32. The number of halogens is 2. The van der Waals surface area contributed by atoms with Crippen LogP contribution in [-0.2, 0) is 13.0 Å². The number of nitrogens with one attached hydrogen (secondary N) is 1. The lowest BCUT2D eigenvalue weighted by atomic mass is 9.94. The third-order valence-corrected chi connectivity index (χ3v) is 8.92. The molecule has 0 bridgehead atoms. The van der Waals surface area contributed by atoms with Crippen LogP contribution in [-0.4, -0.2) is 61.6 Å². The van der Waals surface area contributed by atoms with E-state index < -0.39 is 0 Å². The number of aromatic nitrogens is 1. The van der Waals surface area contributed by atoms with Crippen LogP contribution in [0, 0.1) is 5.82 Å². The molecule has 44 heavy (non-hydrogen) atoms. The molecule has 0 saturated carbocycles. The van der Waals surface area contributed by atoms with Crippen LogP contribution in [0.4, 0.5) is 4.39 Å². The topological polar surface area (TPSA) is 41.8 Å². The number of piperazine rings is 1. The molecule has 0 atom stereocenters. The van der Waals surface area contributed by atoms with Gasteiger partial charge in [0, 0.05) is 79.6 Å². The maximum Gasteiger partial charge on any atom is 0.127 e. The largest absolute Gasteiger partial charge is 0.493 e. The second-order valence-corrected chi connectivity index (χ2v) is 12.3. The number of nitrogens with zero attached hydrogens (tertiary/aromatic N) is 3. The lowest BCUT2D eigenvalue weighted by Gasteiger charge is -2.28. The van der Waals surface area contributed by atoms with Crippen LogP contribution >= 0.6 is 11.6 Å². The highest BCUT2D eigenvalue weighted by atomic mass is 35.5. The highest BCUT2D eigenvalue weighted by molar-refractivity contribution is 6.37. The Morgan fingerprint density at radius 3 is 2.48 bits per heavy atom. The first-order chi connectivity index (χ1) is 21.2. The van der Waals surface area contributed by atoms with Crippen molar-refractivity contribution in [1.82, 2.24) is 14.8 Å². The quantitative estimate of drug-likeness (QED) is 0.136. The summed E-state index contributed by atoms with van der Waals surface area (Å²) in [5.74, 6) is 0.532. The van der Waals surface area contributed by atoms with Crippen LogP contribution in [0.1, 0.15) is 50.9 Å². The molecular formula is C37H44ClFN4O. The summed E-state index contributed by atoms with van der Waals surface area (Å²) < 4.78 is 22.5. The minimum Gasteiger partial charge on any atom is -0.493 e. The van der Waals surface area contributed by atoms with Crippen molar-refractivity contribution in [2.24, 2.45) is 4.99 Å². The van der Waals surface area contributed by atoms with Gasteiger partial charge in [-0.2, -0.15) is 0 Å². The standard InChI is InChI=1S/C37H44ClFN4O/c1-24(2)34(26(5)40-6)35-32(38)15-14-31-30(10-8-22-44-33-11-7-9-27-23-28(39)12-13-29(27)33)36(25(3)4)43(37(31)35)21-20-42-18-16-41-17-19-42/h7,9,11-15,23,41H,3,8,10,16-22H2,1-2,4-6H3. The molecule has 232 valence electrons. The first-order valence-electron chi connectivity index (χ1n) is 15.6. The van der Waals surface area contributed by atoms with Gasteiger partial charge in [-0.1, -0.05) is 42.0 Å². The summed E-state index contributed by atoms with van der Waals surface area (Å²) in [4.78, 5) is 7.11.